The molecule has 0 unspecified atom stereocenters. The Hall–Kier alpha value is -2.24. The second-order valence-electron chi connectivity index (χ2n) is 6.30. The molecule has 124 valence electrons. The monoisotopic (exact) mass is 316 g/mol. The molecule has 0 bridgehead atoms. The zero-order valence-electron chi connectivity index (χ0n) is 13.5. The van der Waals surface area contributed by atoms with Crippen LogP contribution in [-0.4, -0.2) is 36.1 Å². The van der Waals surface area contributed by atoms with Crippen molar-refractivity contribution in [1.82, 2.24) is 15.5 Å². The van der Waals surface area contributed by atoms with Gasteiger partial charge >= 0.3 is 12.1 Å². The SMILES string of the molecule is CCC[C@H]1C[C@H]1NC(=O)Nc1ccccc1CN1CCNC1=O. The lowest BCUT2D eigenvalue weighted by atomic mass is 10.1. The van der Waals surface area contributed by atoms with Gasteiger partial charge in [0, 0.05) is 31.4 Å². The van der Waals surface area contributed by atoms with Gasteiger partial charge in [0.25, 0.3) is 0 Å². The number of rotatable bonds is 6. The Balaban J connectivity index is 1.57. The van der Waals surface area contributed by atoms with Gasteiger partial charge in [-0.15, -0.1) is 0 Å². The predicted octanol–water partition coefficient (Wildman–Crippen LogP) is 2.52. The van der Waals surface area contributed by atoms with E-state index in [-0.39, 0.29) is 12.1 Å². The van der Waals surface area contributed by atoms with Crippen LogP contribution in [0.5, 0.6) is 0 Å². The van der Waals surface area contributed by atoms with E-state index in [1.165, 1.54) is 6.42 Å². The van der Waals surface area contributed by atoms with Crippen molar-refractivity contribution in [3.8, 4) is 0 Å². The molecule has 1 aromatic carbocycles. The number of carbonyl (C=O) groups excluding carboxylic acids is 2. The van der Waals surface area contributed by atoms with Crippen molar-refractivity contribution >= 4 is 17.7 Å². The Kier molecular flexibility index (Phi) is 4.69. The number of benzene rings is 1. The Morgan fingerprint density at radius 3 is 2.96 bits per heavy atom. The topological polar surface area (TPSA) is 73.5 Å². The van der Waals surface area contributed by atoms with E-state index in [9.17, 15) is 9.59 Å². The van der Waals surface area contributed by atoms with E-state index >= 15 is 0 Å². The molecule has 1 aliphatic carbocycles. The van der Waals surface area contributed by atoms with Gasteiger partial charge in [-0.25, -0.2) is 9.59 Å². The summed E-state index contributed by atoms with van der Waals surface area (Å²) in [6.07, 6.45) is 3.41. The van der Waals surface area contributed by atoms with Crippen LogP contribution < -0.4 is 16.0 Å². The van der Waals surface area contributed by atoms with Gasteiger partial charge in [-0.05, 0) is 30.4 Å². The quantitative estimate of drug-likeness (QED) is 0.754. The highest BCUT2D eigenvalue weighted by molar-refractivity contribution is 5.90. The third kappa shape index (κ3) is 3.94. The maximum atomic E-state index is 12.2. The normalized spacial score (nSPS) is 22.7. The molecule has 0 radical (unpaired) electrons. The molecular weight excluding hydrogens is 292 g/mol. The van der Waals surface area contributed by atoms with E-state index in [2.05, 4.69) is 22.9 Å². The first kappa shape index (κ1) is 15.6. The lowest BCUT2D eigenvalue weighted by Crippen LogP contribution is -2.32. The molecule has 1 heterocycles. The first-order valence-electron chi connectivity index (χ1n) is 8.35. The zero-order chi connectivity index (χ0) is 16.2. The molecule has 4 amide bonds. The van der Waals surface area contributed by atoms with Crippen LogP contribution in [0.15, 0.2) is 24.3 Å². The maximum Gasteiger partial charge on any atom is 0.319 e. The standard InChI is InChI=1S/C17H24N4O2/c1-2-5-12-10-15(12)20-16(22)19-14-7-4-3-6-13(14)11-21-9-8-18-17(21)23/h3-4,6-7,12,15H,2,5,8-11H2,1H3,(H,18,23)(H2,19,20,22)/t12-,15+/m0/s1. The third-order valence-electron chi connectivity index (χ3n) is 4.47. The number of hydrogen-bond acceptors (Lipinski definition) is 2. The van der Waals surface area contributed by atoms with Crippen LogP contribution in [0.2, 0.25) is 0 Å². The summed E-state index contributed by atoms with van der Waals surface area (Å²) in [4.78, 5) is 25.6. The highest BCUT2D eigenvalue weighted by Crippen LogP contribution is 2.34. The molecule has 1 aliphatic heterocycles. The van der Waals surface area contributed by atoms with Crippen LogP contribution >= 0.6 is 0 Å². The number of para-hydroxylation sites is 1. The molecule has 23 heavy (non-hydrogen) atoms. The highest BCUT2D eigenvalue weighted by Gasteiger charge is 2.37. The first-order valence-corrected chi connectivity index (χ1v) is 8.35. The Morgan fingerprint density at radius 1 is 1.39 bits per heavy atom. The average molecular weight is 316 g/mol. The zero-order valence-corrected chi connectivity index (χ0v) is 13.5. The largest absolute Gasteiger partial charge is 0.336 e. The number of nitrogens with one attached hydrogen (secondary N) is 3. The average Bonchev–Trinajstić information content (AvgIpc) is 3.12. The lowest BCUT2D eigenvalue weighted by molar-refractivity contribution is 0.215. The van der Waals surface area contributed by atoms with Gasteiger partial charge in [-0.2, -0.15) is 0 Å². The van der Waals surface area contributed by atoms with Crippen molar-refractivity contribution in [1.29, 1.82) is 0 Å². The van der Waals surface area contributed by atoms with Crippen molar-refractivity contribution < 1.29 is 9.59 Å². The summed E-state index contributed by atoms with van der Waals surface area (Å²) in [7, 11) is 0. The van der Waals surface area contributed by atoms with Crippen LogP contribution in [0, 0.1) is 5.92 Å². The summed E-state index contributed by atoms with van der Waals surface area (Å²) >= 11 is 0. The molecule has 1 saturated heterocycles. The molecule has 1 aromatic rings. The lowest BCUT2D eigenvalue weighted by Gasteiger charge is -2.17. The number of carbonyl (C=O) groups is 2. The van der Waals surface area contributed by atoms with Crippen LogP contribution in [0.25, 0.3) is 0 Å². The fourth-order valence-electron chi connectivity index (χ4n) is 3.09. The number of hydrogen-bond donors (Lipinski definition) is 3. The second kappa shape index (κ2) is 6.89. The van der Waals surface area contributed by atoms with Gasteiger partial charge in [0.15, 0.2) is 0 Å². The number of urea groups is 2. The minimum Gasteiger partial charge on any atom is -0.336 e. The van der Waals surface area contributed by atoms with E-state index in [1.54, 1.807) is 4.90 Å². The van der Waals surface area contributed by atoms with Crippen molar-refractivity contribution in [2.45, 2.75) is 38.8 Å². The van der Waals surface area contributed by atoms with Crippen LogP contribution in [0.3, 0.4) is 0 Å². The minimum atomic E-state index is -0.160. The van der Waals surface area contributed by atoms with Gasteiger partial charge < -0.3 is 20.9 Å². The fraction of sp³-hybridized carbons (Fsp3) is 0.529. The molecule has 3 N–H and O–H groups in total. The predicted molar refractivity (Wildman–Crippen MR) is 89.2 cm³/mol. The molecular formula is C17H24N4O2. The van der Waals surface area contributed by atoms with E-state index in [0.29, 0.717) is 31.6 Å². The van der Waals surface area contributed by atoms with Crippen molar-refractivity contribution in [3.63, 3.8) is 0 Å². The van der Waals surface area contributed by atoms with E-state index in [1.807, 2.05) is 24.3 Å². The van der Waals surface area contributed by atoms with Crippen molar-refractivity contribution in [3.05, 3.63) is 29.8 Å². The second-order valence-corrected chi connectivity index (χ2v) is 6.30. The van der Waals surface area contributed by atoms with Crippen LogP contribution in [0.1, 0.15) is 31.7 Å². The summed E-state index contributed by atoms with van der Waals surface area (Å²) in [5.41, 5.74) is 1.71. The van der Waals surface area contributed by atoms with Crippen molar-refractivity contribution in [2.24, 2.45) is 5.92 Å². The van der Waals surface area contributed by atoms with E-state index in [0.717, 1.165) is 24.1 Å². The fourth-order valence-corrected chi connectivity index (χ4v) is 3.09. The summed E-state index contributed by atoms with van der Waals surface area (Å²) in [6, 6.07) is 7.73. The van der Waals surface area contributed by atoms with Crippen molar-refractivity contribution in [2.75, 3.05) is 18.4 Å². The maximum absolute atomic E-state index is 12.2. The van der Waals surface area contributed by atoms with E-state index in [4.69, 9.17) is 0 Å². The molecule has 2 aliphatic rings. The molecule has 6 heteroatoms. The van der Waals surface area contributed by atoms with Gasteiger partial charge in [-0.1, -0.05) is 31.5 Å². The number of anilines is 1. The first-order chi connectivity index (χ1) is 11.2. The summed E-state index contributed by atoms with van der Waals surface area (Å²) in [5, 5.41) is 8.74. The Morgan fingerprint density at radius 2 is 2.22 bits per heavy atom. The molecule has 0 spiro atoms. The molecule has 6 nitrogen and oxygen atoms in total. The van der Waals surface area contributed by atoms with Gasteiger partial charge in [0.1, 0.15) is 0 Å². The molecule has 2 atom stereocenters. The van der Waals surface area contributed by atoms with Gasteiger partial charge in [0.2, 0.25) is 0 Å². The minimum absolute atomic E-state index is 0.0513. The highest BCUT2D eigenvalue weighted by atomic mass is 16.2. The molecule has 1 saturated carbocycles. The molecule has 2 fully saturated rings. The Labute approximate surface area is 136 Å². The number of amides is 4. The number of nitrogens with zero attached hydrogens (tertiary/aromatic N) is 1. The van der Waals surface area contributed by atoms with Gasteiger partial charge in [-0.3, -0.25) is 0 Å². The molecule has 3 rings (SSSR count). The summed E-state index contributed by atoms with van der Waals surface area (Å²) in [5.74, 6) is 0.634. The van der Waals surface area contributed by atoms with Gasteiger partial charge in [0.05, 0.1) is 0 Å². The van der Waals surface area contributed by atoms with Crippen LogP contribution in [-0.2, 0) is 6.54 Å². The summed E-state index contributed by atoms with van der Waals surface area (Å²) in [6.45, 7) is 4.04. The molecule has 0 aromatic heterocycles. The third-order valence-corrected chi connectivity index (χ3v) is 4.47. The van der Waals surface area contributed by atoms with Crippen LogP contribution in [0.4, 0.5) is 15.3 Å². The Bertz CT molecular complexity index is 590. The smallest absolute Gasteiger partial charge is 0.319 e. The van der Waals surface area contributed by atoms with E-state index < -0.39 is 0 Å². The summed E-state index contributed by atoms with van der Waals surface area (Å²) < 4.78 is 0.